The summed E-state index contributed by atoms with van der Waals surface area (Å²) in [5.41, 5.74) is 0.129. The quantitative estimate of drug-likeness (QED) is 0.433. The number of methoxy groups -OCH3 is 1. The molecule has 0 unspecified atom stereocenters. The molecule has 0 aliphatic heterocycles. The zero-order valence-corrected chi connectivity index (χ0v) is 7.03. The van der Waals surface area contributed by atoms with Crippen molar-refractivity contribution < 1.29 is 33.5 Å². The number of carboxylic acids is 1. The molecule has 0 N–H and O–H groups in total. The van der Waals surface area contributed by atoms with E-state index in [2.05, 4.69) is 0 Å². The van der Waals surface area contributed by atoms with Gasteiger partial charge >= 0.3 is 18.9 Å². The van der Waals surface area contributed by atoms with Crippen molar-refractivity contribution in [2.24, 2.45) is 0 Å². The molecular formula is C8H7LiO3. The molecular weight excluding hydrogens is 151 g/mol. The van der Waals surface area contributed by atoms with E-state index in [1.54, 1.807) is 12.1 Å². The van der Waals surface area contributed by atoms with Crippen molar-refractivity contribution in [3.05, 3.63) is 29.8 Å². The fraction of sp³-hybridized carbons (Fsp3) is 0.125. The second-order valence-electron chi connectivity index (χ2n) is 2.02. The maximum Gasteiger partial charge on any atom is 1.00 e. The summed E-state index contributed by atoms with van der Waals surface area (Å²) in [5, 5.41) is 10.3. The molecule has 0 saturated carbocycles. The molecule has 58 valence electrons. The predicted molar refractivity (Wildman–Crippen MR) is 37.3 cm³/mol. The Morgan fingerprint density at radius 1 is 1.50 bits per heavy atom. The number of rotatable bonds is 2. The van der Waals surface area contributed by atoms with Gasteiger partial charge in [-0.15, -0.1) is 0 Å². The van der Waals surface area contributed by atoms with Crippen LogP contribution in [0, 0.1) is 0 Å². The van der Waals surface area contributed by atoms with Gasteiger partial charge in [0.1, 0.15) is 5.75 Å². The average molecular weight is 158 g/mol. The molecule has 0 fully saturated rings. The summed E-state index contributed by atoms with van der Waals surface area (Å²) in [6, 6.07) is 6.14. The number of ether oxygens (including phenoxy) is 1. The van der Waals surface area contributed by atoms with Crippen LogP contribution in [0.15, 0.2) is 24.3 Å². The standard InChI is InChI=1S/C8H8O3.Li/c1-11-7-4-2-3-6(5-7)8(9)10;/h2-5H,1H3,(H,9,10);/q;+1/p-1. The Labute approximate surface area is 82.5 Å². The average Bonchev–Trinajstić information content (AvgIpc) is 2.05. The normalized spacial score (nSPS) is 8.42. The summed E-state index contributed by atoms with van der Waals surface area (Å²) < 4.78 is 4.81. The van der Waals surface area contributed by atoms with Gasteiger partial charge in [0.25, 0.3) is 0 Å². The second kappa shape index (κ2) is 4.86. The number of carbonyl (C=O) groups is 1. The Hall–Kier alpha value is -0.913. The molecule has 1 aromatic rings. The largest absolute Gasteiger partial charge is 1.00 e. The Kier molecular flexibility index (Phi) is 4.49. The van der Waals surface area contributed by atoms with Crippen LogP contribution >= 0.6 is 0 Å². The fourth-order valence-electron chi connectivity index (χ4n) is 0.750. The van der Waals surface area contributed by atoms with Gasteiger partial charge in [0.15, 0.2) is 0 Å². The number of benzene rings is 1. The van der Waals surface area contributed by atoms with Crippen molar-refractivity contribution in [3.8, 4) is 5.75 Å². The molecule has 0 atom stereocenters. The van der Waals surface area contributed by atoms with Gasteiger partial charge in [-0.1, -0.05) is 12.1 Å². The predicted octanol–water partition coefficient (Wildman–Crippen LogP) is -2.94. The summed E-state index contributed by atoms with van der Waals surface area (Å²) in [4.78, 5) is 10.3. The third-order valence-electron chi connectivity index (χ3n) is 1.31. The molecule has 0 spiro atoms. The van der Waals surface area contributed by atoms with E-state index in [4.69, 9.17) is 4.74 Å². The number of carboxylic acid groups (broad SMARTS) is 1. The number of aromatic carboxylic acids is 1. The monoisotopic (exact) mass is 158 g/mol. The van der Waals surface area contributed by atoms with Gasteiger partial charge < -0.3 is 14.6 Å². The minimum absolute atomic E-state index is 0. The first-order valence-corrected chi connectivity index (χ1v) is 3.09. The van der Waals surface area contributed by atoms with Crippen LogP contribution < -0.4 is 28.7 Å². The fourth-order valence-corrected chi connectivity index (χ4v) is 0.750. The first-order chi connectivity index (χ1) is 5.24. The summed E-state index contributed by atoms with van der Waals surface area (Å²) in [6.45, 7) is 0. The summed E-state index contributed by atoms with van der Waals surface area (Å²) in [5.74, 6) is -0.671. The molecule has 12 heavy (non-hydrogen) atoms. The topological polar surface area (TPSA) is 49.4 Å². The van der Waals surface area contributed by atoms with Crippen LogP contribution in [0.5, 0.6) is 5.75 Å². The minimum Gasteiger partial charge on any atom is -0.545 e. The van der Waals surface area contributed by atoms with Gasteiger partial charge in [0.05, 0.1) is 13.1 Å². The SMILES string of the molecule is COc1cccc(C(=O)[O-])c1.[Li+]. The van der Waals surface area contributed by atoms with Gasteiger partial charge in [0, 0.05) is 5.56 Å². The van der Waals surface area contributed by atoms with Crippen LogP contribution in [0.2, 0.25) is 0 Å². The molecule has 0 bridgehead atoms. The smallest absolute Gasteiger partial charge is 0.545 e. The number of carbonyl (C=O) groups excluding carboxylic acids is 1. The molecule has 0 aliphatic carbocycles. The van der Waals surface area contributed by atoms with E-state index in [1.165, 1.54) is 19.2 Å². The zero-order valence-electron chi connectivity index (χ0n) is 7.03. The maximum absolute atomic E-state index is 10.3. The van der Waals surface area contributed by atoms with Gasteiger partial charge in [0.2, 0.25) is 0 Å². The molecule has 1 aromatic carbocycles. The third kappa shape index (κ3) is 2.61. The van der Waals surface area contributed by atoms with E-state index in [0.717, 1.165) is 0 Å². The van der Waals surface area contributed by atoms with E-state index >= 15 is 0 Å². The van der Waals surface area contributed by atoms with Crippen molar-refractivity contribution in [2.45, 2.75) is 0 Å². The molecule has 0 radical (unpaired) electrons. The van der Waals surface area contributed by atoms with Crippen LogP contribution in [0.4, 0.5) is 0 Å². The van der Waals surface area contributed by atoms with E-state index in [0.29, 0.717) is 5.75 Å². The molecule has 0 saturated heterocycles. The van der Waals surface area contributed by atoms with Crippen LogP contribution in [-0.4, -0.2) is 13.1 Å². The van der Waals surface area contributed by atoms with E-state index < -0.39 is 5.97 Å². The van der Waals surface area contributed by atoms with Gasteiger partial charge in [-0.3, -0.25) is 0 Å². The molecule has 0 amide bonds. The zero-order chi connectivity index (χ0) is 8.27. The second-order valence-corrected chi connectivity index (χ2v) is 2.02. The van der Waals surface area contributed by atoms with Crippen molar-refractivity contribution in [3.63, 3.8) is 0 Å². The summed E-state index contributed by atoms with van der Waals surface area (Å²) in [7, 11) is 1.48. The van der Waals surface area contributed by atoms with Crippen molar-refractivity contribution >= 4 is 5.97 Å². The maximum atomic E-state index is 10.3. The molecule has 0 aliphatic rings. The van der Waals surface area contributed by atoms with Crippen molar-refractivity contribution in [1.29, 1.82) is 0 Å². The summed E-state index contributed by atoms with van der Waals surface area (Å²) in [6.07, 6.45) is 0. The van der Waals surface area contributed by atoms with E-state index in [1.807, 2.05) is 0 Å². The van der Waals surface area contributed by atoms with Gasteiger partial charge in [-0.2, -0.15) is 0 Å². The van der Waals surface area contributed by atoms with Crippen LogP contribution in [0.25, 0.3) is 0 Å². The molecule has 0 aromatic heterocycles. The van der Waals surface area contributed by atoms with Crippen molar-refractivity contribution in [1.82, 2.24) is 0 Å². The van der Waals surface area contributed by atoms with Gasteiger partial charge in [-0.25, -0.2) is 0 Å². The Morgan fingerprint density at radius 2 is 2.17 bits per heavy atom. The minimum atomic E-state index is -1.19. The molecule has 0 heterocycles. The van der Waals surface area contributed by atoms with Crippen molar-refractivity contribution in [2.75, 3.05) is 7.11 Å². The number of hydrogen-bond acceptors (Lipinski definition) is 3. The first-order valence-electron chi connectivity index (χ1n) is 3.09. The third-order valence-corrected chi connectivity index (χ3v) is 1.31. The molecule has 3 nitrogen and oxygen atoms in total. The summed E-state index contributed by atoms with van der Waals surface area (Å²) >= 11 is 0. The molecule has 4 heteroatoms. The Bertz CT molecular complexity index is 273. The van der Waals surface area contributed by atoms with Crippen LogP contribution in [0.3, 0.4) is 0 Å². The Balaban J connectivity index is 0.00000121. The van der Waals surface area contributed by atoms with E-state index in [9.17, 15) is 9.90 Å². The Morgan fingerprint density at radius 3 is 2.67 bits per heavy atom. The van der Waals surface area contributed by atoms with Crippen LogP contribution in [-0.2, 0) is 0 Å². The van der Waals surface area contributed by atoms with E-state index in [-0.39, 0.29) is 24.4 Å². The molecule has 1 rings (SSSR count). The van der Waals surface area contributed by atoms with Gasteiger partial charge in [-0.05, 0) is 12.1 Å². The number of hydrogen-bond donors (Lipinski definition) is 0. The van der Waals surface area contributed by atoms with Crippen LogP contribution in [0.1, 0.15) is 10.4 Å². The first kappa shape index (κ1) is 11.1.